The quantitative estimate of drug-likeness (QED) is 0.778. The highest BCUT2D eigenvalue weighted by Crippen LogP contribution is 2.20. The molecule has 0 aliphatic rings. The lowest BCUT2D eigenvalue weighted by Crippen LogP contribution is -2.02. The molecule has 0 bridgehead atoms. The fraction of sp³-hybridized carbons (Fsp3) is 0.250. The molecule has 0 saturated heterocycles. The number of benzene rings is 1. The summed E-state index contributed by atoms with van der Waals surface area (Å²) in [6.45, 7) is 2.28. The highest BCUT2D eigenvalue weighted by molar-refractivity contribution is 9.10. The fourth-order valence-corrected chi connectivity index (χ4v) is 2.03. The molecule has 2 nitrogen and oxygen atoms in total. The molecular weight excluding hydrogens is 307 g/mol. The first-order valence-corrected chi connectivity index (χ1v) is 6.39. The predicted molar refractivity (Wildman–Crippen MR) is 69.7 cm³/mol. The molecule has 90 valence electrons. The number of aromatic nitrogens is 2. The second-order valence-electron chi connectivity index (χ2n) is 3.82. The molecule has 1 aromatic heterocycles. The molecule has 17 heavy (non-hydrogen) atoms. The van der Waals surface area contributed by atoms with Crippen LogP contribution < -0.4 is 0 Å². The van der Waals surface area contributed by atoms with E-state index in [2.05, 4.69) is 21.0 Å². The second kappa shape index (κ2) is 5.19. The summed E-state index contributed by atoms with van der Waals surface area (Å²) in [7, 11) is 0. The summed E-state index contributed by atoms with van der Waals surface area (Å²) in [5.41, 5.74) is 1.53. The van der Waals surface area contributed by atoms with Crippen LogP contribution in [0.1, 0.15) is 23.4 Å². The zero-order valence-electron chi connectivity index (χ0n) is 9.20. The zero-order valence-corrected chi connectivity index (χ0v) is 11.5. The Balaban J connectivity index is 2.22. The molecule has 0 saturated carbocycles. The maximum atomic E-state index is 13.5. The van der Waals surface area contributed by atoms with Gasteiger partial charge in [-0.15, -0.1) is 11.6 Å². The van der Waals surface area contributed by atoms with Gasteiger partial charge in [-0.05, 0) is 25.1 Å². The number of alkyl halides is 1. The third-order valence-electron chi connectivity index (χ3n) is 2.45. The summed E-state index contributed by atoms with van der Waals surface area (Å²) in [6, 6.07) is 4.86. The molecule has 5 heteroatoms. The molecule has 2 rings (SSSR count). The van der Waals surface area contributed by atoms with Gasteiger partial charge in [0.25, 0.3) is 0 Å². The van der Waals surface area contributed by atoms with Crippen LogP contribution in [-0.2, 0) is 6.54 Å². The second-order valence-corrected chi connectivity index (χ2v) is 5.39. The summed E-state index contributed by atoms with van der Waals surface area (Å²) < 4.78 is 16.1. The summed E-state index contributed by atoms with van der Waals surface area (Å²) in [4.78, 5) is 0. The van der Waals surface area contributed by atoms with Gasteiger partial charge in [-0.1, -0.05) is 15.9 Å². The van der Waals surface area contributed by atoms with E-state index < -0.39 is 0 Å². The first-order chi connectivity index (χ1) is 8.06. The number of hydrogen-bond donors (Lipinski definition) is 0. The van der Waals surface area contributed by atoms with Crippen molar-refractivity contribution in [3.63, 3.8) is 0 Å². The summed E-state index contributed by atoms with van der Waals surface area (Å²) >= 11 is 9.26. The average molecular weight is 318 g/mol. The van der Waals surface area contributed by atoms with E-state index >= 15 is 0 Å². The molecule has 1 unspecified atom stereocenters. The molecule has 0 aliphatic carbocycles. The van der Waals surface area contributed by atoms with E-state index in [9.17, 15) is 4.39 Å². The Morgan fingerprint density at radius 3 is 2.94 bits per heavy atom. The lowest BCUT2D eigenvalue weighted by Gasteiger charge is -2.04. The van der Waals surface area contributed by atoms with Crippen molar-refractivity contribution < 1.29 is 4.39 Å². The molecule has 0 radical (unpaired) electrons. The van der Waals surface area contributed by atoms with E-state index in [0.29, 0.717) is 12.1 Å². The Bertz CT molecular complexity index is 525. The molecule has 0 aliphatic heterocycles. The van der Waals surface area contributed by atoms with Crippen LogP contribution in [0.25, 0.3) is 0 Å². The molecule has 0 spiro atoms. The smallest absolute Gasteiger partial charge is 0.128 e. The van der Waals surface area contributed by atoms with E-state index in [1.165, 1.54) is 6.07 Å². The summed E-state index contributed by atoms with van der Waals surface area (Å²) in [6.07, 6.45) is 3.53. The van der Waals surface area contributed by atoms with Gasteiger partial charge in [0.1, 0.15) is 5.82 Å². The normalized spacial score (nSPS) is 12.7. The molecule has 0 N–H and O–H groups in total. The van der Waals surface area contributed by atoms with Crippen LogP contribution in [0.15, 0.2) is 35.1 Å². The molecule has 1 atom stereocenters. The van der Waals surface area contributed by atoms with Gasteiger partial charge in [0.15, 0.2) is 0 Å². The van der Waals surface area contributed by atoms with Crippen molar-refractivity contribution in [2.75, 3.05) is 0 Å². The van der Waals surface area contributed by atoms with Gasteiger partial charge in [-0.25, -0.2) is 4.39 Å². The monoisotopic (exact) mass is 316 g/mol. The van der Waals surface area contributed by atoms with E-state index in [-0.39, 0.29) is 11.2 Å². The standard InChI is InChI=1S/C12H11BrClFN2/c1-8(14)10-5-16-17(7-10)6-9-4-11(13)2-3-12(9)15/h2-5,7-8H,6H2,1H3. The molecule has 0 amide bonds. The lowest BCUT2D eigenvalue weighted by atomic mass is 10.2. The lowest BCUT2D eigenvalue weighted by molar-refractivity contribution is 0.584. The van der Waals surface area contributed by atoms with Crippen LogP contribution in [0.2, 0.25) is 0 Å². The third-order valence-corrected chi connectivity index (χ3v) is 3.20. The minimum absolute atomic E-state index is 0.0869. The van der Waals surface area contributed by atoms with Crippen LogP contribution in [0.4, 0.5) is 4.39 Å². The predicted octanol–water partition coefficient (Wildman–Crippen LogP) is 4.13. The number of nitrogens with zero attached hydrogens (tertiary/aromatic N) is 2. The third kappa shape index (κ3) is 3.07. The first kappa shape index (κ1) is 12.6. The van der Waals surface area contributed by atoms with Gasteiger partial charge < -0.3 is 0 Å². The van der Waals surface area contributed by atoms with Gasteiger partial charge >= 0.3 is 0 Å². The summed E-state index contributed by atoms with van der Waals surface area (Å²) in [5, 5.41) is 4.07. The average Bonchev–Trinajstić information content (AvgIpc) is 2.72. The Morgan fingerprint density at radius 2 is 2.29 bits per heavy atom. The van der Waals surface area contributed by atoms with E-state index in [1.807, 2.05) is 13.1 Å². The van der Waals surface area contributed by atoms with Gasteiger partial charge in [-0.2, -0.15) is 5.10 Å². The van der Waals surface area contributed by atoms with Crippen LogP contribution in [0, 0.1) is 5.82 Å². The van der Waals surface area contributed by atoms with Gasteiger partial charge in [0, 0.05) is 21.8 Å². The number of rotatable bonds is 3. The van der Waals surface area contributed by atoms with Crippen molar-refractivity contribution in [1.82, 2.24) is 9.78 Å². The maximum absolute atomic E-state index is 13.5. The fourth-order valence-electron chi connectivity index (χ4n) is 1.51. The topological polar surface area (TPSA) is 17.8 Å². The maximum Gasteiger partial charge on any atom is 0.128 e. The molecule has 2 aromatic rings. The van der Waals surface area contributed by atoms with Crippen molar-refractivity contribution >= 4 is 27.5 Å². The summed E-state index contributed by atoms with van der Waals surface area (Å²) in [5.74, 6) is -0.232. The Kier molecular flexibility index (Phi) is 3.84. The SMILES string of the molecule is CC(Cl)c1cnn(Cc2cc(Br)ccc2F)c1. The molecule has 1 aromatic carbocycles. The molecule has 1 heterocycles. The molecular formula is C12H11BrClFN2. The number of halogens is 3. The van der Waals surface area contributed by atoms with Crippen molar-refractivity contribution in [2.24, 2.45) is 0 Å². The van der Waals surface area contributed by atoms with E-state index in [0.717, 1.165) is 10.0 Å². The van der Waals surface area contributed by atoms with Crippen LogP contribution in [-0.4, -0.2) is 9.78 Å². The molecule has 0 fully saturated rings. The minimum Gasteiger partial charge on any atom is -0.268 e. The van der Waals surface area contributed by atoms with Crippen LogP contribution >= 0.6 is 27.5 Å². The van der Waals surface area contributed by atoms with E-state index in [1.54, 1.807) is 23.0 Å². The largest absolute Gasteiger partial charge is 0.268 e. The Morgan fingerprint density at radius 1 is 1.53 bits per heavy atom. The highest BCUT2D eigenvalue weighted by Gasteiger charge is 2.07. The first-order valence-electron chi connectivity index (χ1n) is 5.16. The van der Waals surface area contributed by atoms with Crippen molar-refractivity contribution in [2.45, 2.75) is 18.8 Å². The highest BCUT2D eigenvalue weighted by atomic mass is 79.9. The van der Waals surface area contributed by atoms with Crippen molar-refractivity contribution in [3.05, 3.63) is 52.0 Å². The Hall–Kier alpha value is -0.870. The van der Waals surface area contributed by atoms with E-state index in [4.69, 9.17) is 11.6 Å². The zero-order chi connectivity index (χ0) is 12.4. The van der Waals surface area contributed by atoms with Crippen LogP contribution in [0.5, 0.6) is 0 Å². The minimum atomic E-state index is -0.232. The van der Waals surface area contributed by atoms with Gasteiger partial charge in [0.2, 0.25) is 0 Å². The van der Waals surface area contributed by atoms with Gasteiger partial charge in [0.05, 0.1) is 18.1 Å². The van der Waals surface area contributed by atoms with Crippen molar-refractivity contribution in [1.29, 1.82) is 0 Å². The van der Waals surface area contributed by atoms with Gasteiger partial charge in [-0.3, -0.25) is 4.68 Å². The number of hydrogen-bond acceptors (Lipinski definition) is 1. The van der Waals surface area contributed by atoms with Crippen LogP contribution in [0.3, 0.4) is 0 Å². The Labute approximate surface area is 113 Å². The van der Waals surface area contributed by atoms with Crippen molar-refractivity contribution in [3.8, 4) is 0 Å².